The molecule has 0 aromatic heterocycles. The Morgan fingerprint density at radius 2 is 1.96 bits per heavy atom. The predicted molar refractivity (Wildman–Crippen MR) is 93.9 cm³/mol. The number of allylic oxidation sites excluding steroid dienone is 2. The monoisotopic (exact) mass is 319 g/mol. The van der Waals surface area contributed by atoms with Crippen LogP contribution in [0.4, 0.5) is 0 Å². The smallest absolute Gasteiger partial charge is 0.363 e. The molecule has 0 N–H and O–H groups in total. The van der Waals surface area contributed by atoms with E-state index in [0.29, 0.717) is 5.90 Å². The Morgan fingerprint density at radius 1 is 1.12 bits per heavy atom. The average molecular weight is 319 g/mol. The summed E-state index contributed by atoms with van der Waals surface area (Å²) >= 11 is 0. The van der Waals surface area contributed by atoms with Crippen LogP contribution in [0.1, 0.15) is 16.7 Å². The van der Waals surface area contributed by atoms with Gasteiger partial charge in [-0.15, -0.1) is 0 Å². The highest BCUT2D eigenvalue weighted by molar-refractivity contribution is 6.11. The van der Waals surface area contributed by atoms with Crippen molar-refractivity contribution in [2.45, 2.75) is 6.92 Å². The number of esters is 1. The number of hydrogen-bond donors (Lipinski definition) is 0. The second-order valence-electron chi connectivity index (χ2n) is 5.33. The number of nitrogens with zero attached hydrogens (tertiary/aromatic N) is 1. The number of hydrogen-bond acceptors (Lipinski definition) is 4. The summed E-state index contributed by atoms with van der Waals surface area (Å²) in [6.45, 7) is 1.98. The summed E-state index contributed by atoms with van der Waals surface area (Å²) in [4.78, 5) is 16.2. The van der Waals surface area contributed by atoms with Gasteiger partial charge in [-0.2, -0.15) is 0 Å². The van der Waals surface area contributed by atoms with Crippen LogP contribution in [-0.4, -0.2) is 19.0 Å². The first-order chi connectivity index (χ1) is 11.7. The molecule has 0 fully saturated rings. The second-order valence-corrected chi connectivity index (χ2v) is 5.33. The van der Waals surface area contributed by atoms with Crippen molar-refractivity contribution in [2.75, 3.05) is 7.11 Å². The Hall–Kier alpha value is -3.14. The quantitative estimate of drug-likeness (QED) is 0.634. The summed E-state index contributed by atoms with van der Waals surface area (Å²) < 4.78 is 10.5. The van der Waals surface area contributed by atoms with Gasteiger partial charge >= 0.3 is 5.97 Å². The van der Waals surface area contributed by atoms with Crippen LogP contribution < -0.4 is 4.74 Å². The first-order valence-corrected chi connectivity index (χ1v) is 7.56. The van der Waals surface area contributed by atoms with Gasteiger partial charge in [-0.25, -0.2) is 9.79 Å². The van der Waals surface area contributed by atoms with E-state index >= 15 is 0 Å². The van der Waals surface area contributed by atoms with E-state index in [1.165, 1.54) is 0 Å². The number of carbonyl (C=O) groups excluding carboxylic acids is 1. The van der Waals surface area contributed by atoms with Crippen LogP contribution in [-0.2, 0) is 9.53 Å². The molecular formula is C20H17NO3. The number of ether oxygens (including phenoxy) is 2. The van der Waals surface area contributed by atoms with Crippen molar-refractivity contribution < 1.29 is 14.3 Å². The Bertz CT molecular complexity index is 863. The molecule has 2 aromatic carbocycles. The van der Waals surface area contributed by atoms with E-state index in [9.17, 15) is 4.79 Å². The fraction of sp³-hybridized carbons (Fsp3) is 0.100. The van der Waals surface area contributed by atoms with Crippen LogP contribution in [0.2, 0.25) is 0 Å². The van der Waals surface area contributed by atoms with Gasteiger partial charge in [0.25, 0.3) is 0 Å². The lowest BCUT2D eigenvalue weighted by Crippen LogP contribution is -2.05. The van der Waals surface area contributed by atoms with E-state index in [1.807, 2.05) is 61.5 Å². The third kappa shape index (κ3) is 3.43. The second kappa shape index (κ2) is 6.96. The van der Waals surface area contributed by atoms with Crippen molar-refractivity contribution in [2.24, 2.45) is 4.99 Å². The average Bonchev–Trinajstić information content (AvgIpc) is 2.96. The van der Waals surface area contributed by atoms with Crippen LogP contribution in [0.3, 0.4) is 0 Å². The molecule has 0 bridgehead atoms. The maximum atomic E-state index is 11.9. The van der Waals surface area contributed by atoms with Crippen LogP contribution in [0.15, 0.2) is 71.4 Å². The minimum absolute atomic E-state index is 0.276. The molecule has 3 rings (SSSR count). The van der Waals surface area contributed by atoms with Crippen molar-refractivity contribution in [1.29, 1.82) is 0 Å². The summed E-state index contributed by atoms with van der Waals surface area (Å²) in [5, 5.41) is 0. The molecular weight excluding hydrogens is 302 g/mol. The van der Waals surface area contributed by atoms with Gasteiger partial charge in [0.05, 0.1) is 7.11 Å². The van der Waals surface area contributed by atoms with Gasteiger partial charge in [0.15, 0.2) is 5.70 Å². The molecule has 0 radical (unpaired) electrons. The third-order valence-corrected chi connectivity index (χ3v) is 3.55. The summed E-state index contributed by atoms with van der Waals surface area (Å²) in [5.41, 5.74) is 3.07. The molecule has 0 amide bonds. The van der Waals surface area contributed by atoms with E-state index in [2.05, 4.69) is 4.99 Å². The first kappa shape index (κ1) is 15.7. The van der Waals surface area contributed by atoms with Crippen LogP contribution in [0, 0.1) is 6.92 Å². The summed E-state index contributed by atoms with van der Waals surface area (Å²) in [6.07, 6.45) is 5.26. The maximum absolute atomic E-state index is 11.9. The van der Waals surface area contributed by atoms with Gasteiger partial charge in [0.2, 0.25) is 5.90 Å². The normalized spacial score (nSPS) is 15.7. The Labute approximate surface area is 140 Å². The number of para-hydroxylation sites is 1. The molecule has 1 heterocycles. The Kier molecular flexibility index (Phi) is 4.57. The number of rotatable bonds is 4. The van der Waals surface area contributed by atoms with Gasteiger partial charge in [0, 0.05) is 11.1 Å². The zero-order valence-corrected chi connectivity index (χ0v) is 13.5. The first-order valence-electron chi connectivity index (χ1n) is 7.56. The molecule has 0 aliphatic carbocycles. The van der Waals surface area contributed by atoms with Crippen molar-refractivity contribution in [3.63, 3.8) is 0 Å². The number of aliphatic imine (C=N–C) groups is 1. The molecule has 1 aliphatic heterocycles. The SMILES string of the molecule is COc1ccccc1C=CC=C1N=C(c2cccc(C)c2)OC1=O. The number of cyclic esters (lactones) is 1. The van der Waals surface area contributed by atoms with Crippen molar-refractivity contribution in [1.82, 2.24) is 0 Å². The lowest BCUT2D eigenvalue weighted by molar-refractivity contribution is -0.130. The highest BCUT2D eigenvalue weighted by Gasteiger charge is 2.23. The van der Waals surface area contributed by atoms with Gasteiger partial charge in [-0.05, 0) is 31.2 Å². The molecule has 24 heavy (non-hydrogen) atoms. The number of methoxy groups -OCH3 is 1. The molecule has 0 saturated heterocycles. The Balaban J connectivity index is 1.82. The topological polar surface area (TPSA) is 47.9 Å². The van der Waals surface area contributed by atoms with E-state index in [4.69, 9.17) is 9.47 Å². The molecule has 0 unspecified atom stereocenters. The molecule has 120 valence electrons. The van der Waals surface area contributed by atoms with Crippen molar-refractivity contribution in [3.8, 4) is 5.75 Å². The molecule has 4 nitrogen and oxygen atoms in total. The number of aryl methyl sites for hydroxylation is 1. The standard InChI is InChI=1S/C20H17NO3/c1-14-7-5-10-16(13-14)19-21-17(20(22)24-19)11-6-9-15-8-3-4-12-18(15)23-2/h3-13H,1-2H3. The molecule has 0 atom stereocenters. The molecule has 0 spiro atoms. The number of benzene rings is 2. The minimum atomic E-state index is -0.448. The van der Waals surface area contributed by atoms with Crippen LogP contribution in [0.5, 0.6) is 5.75 Å². The summed E-state index contributed by atoms with van der Waals surface area (Å²) in [7, 11) is 1.62. The van der Waals surface area contributed by atoms with E-state index < -0.39 is 5.97 Å². The maximum Gasteiger partial charge on any atom is 0.363 e. The van der Waals surface area contributed by atoms with Gasteiger partial charge in [0.1, 0.15) is 5.75 Å². The lowest BCUT2D eigenvalue weighted by atomic mass is 10.1. The highest BCUT2D eigenvalue weighted by Crippen LogP contribution is 2.20. The van der Waals surface area contributed by atoms with Crippen molar-refractivity contribution >= 4 is 17.9 Å². The molecule has 1 aliphatic rings. The largest absolute Gasteiger partial charge is 0.496 e. The zero-order chi connectivity index (χ0) is 16.9. The zero-order valence-electron chi connectivity index (χ0n) is 13.5. The van der Waals surface area contributed by atoms with E-state index in [0.717, 1.165) is 22.4 Å². The van der Waals surface area contributed by atoms with Crippen LogP contribution >= 0.6 is 0 Å². The third-order valence-electron chi connectivity index (χ3n) is 3.55. The predicted octanol–water partition coefficient (Wildman–Crippen LogP) is 3.90. The Morgan fingerprint density at radius 3 is 2.75 bits per heavy atom. The summed E-state index contributed by atoms with van der Waals surface area (Å²) in [6, 6.07) is 15.3. The fourth-order valence-electron chi connectivity index (χ4n) is 2.37. The van der Waals surface area contributed by atoms with E-state index in [1.54, 1.807) is 19.3 Å². The van der Waals surface area contributed by atoms with Gasteiger partial charge in [-0.3, -0.25) is 0 Å². The molecule has 2 aromatic rings. The van der Waals surface area contributed by atoms with Crippen LogP contribution in [0.25, 0.3) is 6.08 Å². The number of carbonyl (C=O) groups is 1. The van der Waals surface area contributed by atoms with E-state index in [-0.39, 0.29) is 5.70 Å². The fourth-order valence-corrected chi connectivity index (χ4v) is 2.37. The summed E-state index contributed by atoms with van der Waals surface area (Å²) in [5.74, 6) is 0.655. The lowest BCUT2D eigenvalue weighted by Gasteiger charge is -2.02. The minimum Gasteiger partial charge on any atom is -0.496 e. The molecule has 0 saturated carbocycles. The van der Waals surface area contributed by atoms with Crippen molar-refractivity contribution in [3.05, 3.63) is 83.1 Å². The van der Waals surface area contributed by atoms with Gasteiger partial charge in [-0.1, -0.05) is 48.0 Å². The van der Waals surface area contributed by atoms with Gasteiger partial charge < -0.3 is 9.47 Å². The molecule has 4 heteroatoms. The highest BCUT2D eigenvalue weighted by atomic mass is 16.6.